The van der Waals surface area contributed by atoms with E-state index in [0.717, 1.165) is 0 Å². The average molecular weight is 350 g/mol. The smallest absolute Gasteiger partial charge is 0.348 e. The third-order valence-electron chi connectivity index (χ3n) is 3.30. The van der Waals surface area contributed by atoms with E-state index < -0.39 is 17.7 Å². The molecule has 7 nitrogen and oxygen atoms in total. The molecule has 0 unspecified atom stereocenters. The molecule has 0 amide bonds. The minimum Gasteiger partial charge on any atom is -0.493 e. The highest BCUT2D eigenvalue weighted by molar-refractivity contribution is 6.18. The summed E-state index contributed by atoms with van der Waals surface area (Å²) in [4.78, 5) is 24.0. The van der Waals surface area contributed by atoms with E-state index in [1.54, 1.807) is 18.2 Å². The number of ether oxygens (including phenoxy) is 5. The van der Waals surface area contributed by atoms with Crippen molar-refractivity contribution in [2.45, 2.75) is 26.6 Å². The number of esters is 2. The first-order valence-corrected chi connectivity index (χ1v) is 7.93. The molecular weight excluding hydrogens is 328 g/mol. The van der Waals surface area contributed by atoms with Gasteiger partial charge in [0.25, 0.3) is 5.79 Å². The topological polar surface area (TPSA) is 80.3 Å². The van der Waals surface area contributed by atoms with E-state index in [9.17, 15) is 9.59 Å². The van der Waals surface area contributed by atoms with Gasteiger partial charge in [-0.3, -0.25) is 0 Å². The lowest BCUT2D eigenvalue weighted by Crippen LogP contribution is -2.41. The maximum absolute atomic E-state index is 12.0. The van der Waals surface area contributed by atoms with Gasteiger partial charge in [0, 0.05) is 20.5 Å². The fraction of sp³-hybridized carbons (Fsp3) is 0.444. The Morgan fingerprint density at radius 3 is 2.36 bits per heavy atom. The van der Waals surface area contributed by atoms with Crippen LogP contribution in [0.25, 0.3) is 6.08 Å². The van der Waals surface area contributed by atoms with Gasteiger partial charge in [0.2, 0.25) is 0 Å². The average Bonchev–Trinajstić information content (AvgIpc) is 2.54. The number of hydrogen-bond donors (Lipinski definition) is 0. The minimum absolute atomic E-state index is 0.176. The van der Waals surface area contributed by atoms with Gasteiger partial charge in [0.1, 0.15) is 12.2 Å². The summed E-state index contributed by atoms with van der Waals surface area (Å²) in [6.07, 6.45) is 1.40. The van der Waals surface area contributed by atoms with E-state index in [0.29, 0.717) is 36.9 Å². The van der Waals surface area contributed by atoms with E-state index in [2.05, 4.69) is 0 Å². The largest absolute Gasteiger partial charge is 0.493 e. The lowest BCUT2D eigenvalue weighted by Gasteiger charge is -2.29. The molecule has 1 heterocycles. The molecule has 1 saturated heterocycles. The second kappa shape index (κ2) is 8.02. The summed E-state index contributed by atoms with van der Waals surface area (Å²) < 4.78 is 26.3. The van der Waals surface area contributed by atoms with E-state index in [-0.39, 0.29) is 5.57 Å². The summed E-state index contributed by atoms with van der Waals surface area (Å²) in [7, 11) is 1.53. The number of hydrogen-bond acceptors (Lipinski definition) is 7. The highest BCUT2D eigenvalue weighted by Crippen LogP contribution is 2.30. The number of methoxy groups -OCH3 is 1. The summed E-state index contributed by atoms with van der Waals surface area (Å²) in [5.74, 6) is -1.70. The van der Waals surface area contributed by atoms with Crippen LogP contribution < -0.4 is 9.47 Å². The first-order valence-electron chi connectivity index (χ1n) is 7.93. The number of carbonyl (C=O) groups excluding carboxylic acids is 2. The molecule has 0 aliphatic carbocycles. The molecule has 0 N–H and O–H groups in total. The second-order valence-corrected chi connectivity index (χ2v) is 5.69. The number of rotatable bonds is 7. The highest BCUT2D eigenvalue weighted by Gasteiger charge is 2.38. The van der Waals surface area contributed by atoms with Crippen molar-refractivity contribution in [2.24, 2.45) is 0 Å². The standard InChI is InChI=1S/C18H22O7/c1-5-22-8-9-23-15-11-12(6-7-14(15)21-4)10-13-16(19)24-18(2,3)25-17(13)20/h6-7,10-11H,5,8-9H2,1-4H3. The van der Waals surface area contributed by atoms with E-state index in [1.807, 2.05) is 6.92 Å². The van der Waals surface area contributed by atoms with Gasteiger partial charge in [-0.2, -0.15) is 0 Å². The molecule has 7 heteroatoms. The Kier molecular flexibility index (Phi) is 6.03. The Labute approximate surface area is 146 Å². The Morgan fingerprint density at radius 1 is 1.08 bits per heavy atom. The van der Waals surface area contributed by atoms with Crippen molar-refractivity contribution in [3.05, 3.63) is 29.3 Å². The van der Waals surface area contributed by atoms with Crippen LogP contribution in [0.2, 0.25) is 0 Å². The summed E-state index contributed by atoms with van der Waals surface area (Å²) in [6, 6.07) is 5.05. The predicted molar refractivity (Wildman–Crippen MR) is 89.2 cm³/mol. The van der Waals surface area contributed by atoms with Crippen molar-refractivity contribution in [1.82, 2.24) is 0 Å². The van der Waals surface area contributed by atoms with Crippen molar-refractivity contribution in [1.29, 1.82) is 0 Å². The zero-order chi connectivity index (χ0) is 18.4. The first-order chi connectivity index (χ1) is 11.9. The monoisotopic (exact) mass is 350 g/mol. The summed E-state index contributed by atoms with van der Waals surface area (Å²) in [5.41, 5.74) is 0.403. The lowest BCUT2D eigenvalue weighted by molar-refractivity contribution is -0.222. The molecule has 2 rings (SSSR count). The van der Waals surface area contributed by atoms with Crippen molar-refractivity contribution >= 4 is 18.0 Å². The van der Waals surface area contributed by atoms with Crippen molar-refractivity contribution in [3.8, 4) is 11.5 Å². The minimum atomic E-state index is -1.26. The van der Waals surface area contributed by atoms with Crippen molar-refractivity contribution < 1.29 is 33.3 Å². The highest BCUT2D eigenvalue weighted by atomic mass is 16.7. The SMILES string of the molecule is CCOCCOc1cc(C=C2C(=O)OC(C)(C)OC2=O)ccc1OC. The molecule has 0 atom stereocenters. The molecule has 0 radical (unpaired) electrons. The van der Waals surface area contributed by atoms with Gasteiger partial charge >= 0.3 is 11.9 Å². The third kappa shape index (κ3) is 4.96. The molecule has 1 fully saturated rings. The normalized spacial score (nSPS) is 16.1. The third-order valence-corrected chi connectivity index (χ3v) is 3.30. The molecule has 25 heavy (non-hydrogen) atoms. The quantitative estimate of drug-likeness (QED) is 0.323. The molecule has 0 aromatic heterocycles. The number of cyclic esters (lactones) is 2. The van der Waals surface area contributed by atoms with Crippen LogP contribution in [0, 0.1) is 0 Å². The number of carbonyl (C=O) groups is 2. The van der Waals surface area contributed by atoms with Gasteiger partial charge in [-0.05, 0) is 30.7 Å². The zero-order valence-electron chi connectivity index (χ0n) is 14.8. The maximum Gasteiger partial charge on any atom is 0.348 e. The molecule has 1 aromatic rings. The van der Waals surface area contributed by atoms with Crippen molar-refractivity contribution in [3.63, 3.8) is 0 Å². The summed E-state index contributed by atoms with van der Waals surface area (Å²) in [5, 5.41) is 0. The van der Waals surface area contributed by atoms with Gasteiger partial charge in [0.05, 0.1) is 13.7 Å². The second-order valence-electron chi connectivity index (χ2n) is 5.69. The molecule has 0 bridgehead atoms. The fourth-order valence-electron chi connectivity index (χ4n) is 2.20. The van der Waals surface area contributed by atoms with Gasteiger partial charge in [-0.15, -0.1) is 0 Å². The van der Waals surface area contributed by atoms with Crippen LogP contribution in [-0.2, 0) is 23.8 Å². The van der Waals surface area contributed by atoms with Crippen molar-refractivity contribution in [2.75, 3.05) is 26.9 Å². The van der Waals surface area contributed by atoms with Crippen LogP contribution in [0.4, 0.5) is 0 Å². The van der Waals surface area contributed by atoms with E-state index in [1.165, 1.54) is 27.0 Å². The van der Waals surface area contributed by atoms with Gasteiger partial charge in [-0.1, -0.05) is 6.07 Å². The molecule has 0 saturated carbocycles. The fourth-order valence-corrected chi connectivity index (χ4v) is 2.20. The molecule has 0 spiro atoms. The zero-order valence-corrected chi connectivity index (χ0v) is 14.8. The van der Waals surface area contributed by atoms with Gasteiger partial charge in [-0.25, -0.2) is 9.59 Å². The van der Waals surface area contributed by atoms with E-state index >= 15 is 0 Å². The number of benzene rings is 1. The van der Waals surface area contributed by atoms with E-state index in [4.69, 9.17) is 23.7 Å². The molecule has 1 aliphatic heterocycles. The Hall–Kier alpha value is -2.54. The summed E-state index contributed by atoms with van der Waals surface area (Å²) >= 11 is 0. The maximum atomic E-state index is 12.0. The van der Waals surface area contributed by atoms with Gasteiger partial charge in [0.15, 0.2) is 11.5 Å². The Bertz CT molecular complexity index is 654. The Balaban J connectivity index is 2.21. The molecular formula is C18H22O7. The Morgan fingerprint density at radius 2 is 1.76 bits per heavy atom. The van der Waals surface area contributed by atoms with Crippen LogP contribution in [-0.4, -0.2) is 44.7 Å². The van der Waals surface area contributed by atoms with Crippen LogP contribution in [0.5, 0.6) is 11.5 Å². The van der Waals surface area contributed by atoms with Crippen LogP contribution >= 0.6 is 0 Å². The van der Waals surface area contributed by atoms with Crippen LogP contribution in [0.15, 0.2) is 23.8 Å². The lowest BCUT2D eigenvalue weighted by atomic mass is 10.1. The van der Waals surface area contributed by atoms with Gasteiger partial charge < -0.3 is 23.7 Å². The molecule has 1 aromatic carbocycles. The van der Waals surface area contributed by atoms with Crippen LogP contribution in [0.3, 0.4) is 0 Å². The first kappa shape index (κ1) is 18.8. The molecule has 136 valence electrons. The summed E-state index contributed by atoms with van der Waals surface area (Å²) in [6.45, 7) is 6.29. The molecule has 1 aliphatic rings. The predicted octanol–water partition coefficient (Wildman–Crippen LogP) is 2.33. The van der Waals surface area contributed by atoms with Crippen LogP contribution in [0.1, 0.15) is 26.3 Å².